The normalized spacial score (nSPS) is 38.5. The van der Waals surface area contributed by atoms with E-state index in [1.807, 2.05) is 24.3 Å². The van der Waals surface area contributed by atoms with Gasteiger partial charge in [0.15, 0.2) is 0 Å². The molecule has 51 heavy (non-hydrogen) atoms. The average molecular weight is 691 g/mol. The number of hydrogen-bond donors (Lipinski definition) is 4. The van der Waals surface area contributed by atoms with Crippen LogP contribution in [-0.4, -0.2) is 43.6 Å². The van der Waals surface area contributed by atoms with Crippen LogP contribution in [0.15, 0.2) is 48.6 Å². The van der Waals surface area contributed by atoms with Gasteiger partial charge in [-0.3, -0.25) is 0 Å². The molecule has 8 rings (SSSR count). The van der Waals surface area contributed by atoms with Crippen molar-refractivity contribution in [1.29, 1.82) is 0 Å². The number of ether oxygens (including phenoxy) is 1. The van der Waals surface area contributed by atoms with Crippen LogP contribution in [-0.2, 0) is 22.4 Å². The topological polar surface area (TPSA) is 124 Å². The molecule has 0 aromatic heterocycles. The molecule has 0 bridgehead atoms. The Balaban J connectivity index is 0.000000165. The second-order valence-corrected chi connectivity index (χ2v) is 16.7. The van der Waals surface area contributed by atoms with E-state index in [-0.39, 0.29) is 10.8 Å². The van der Waals surface area contributed by atoms with Gasteiger partial charge in [0.05, 0.1) is 0 Å². The number of aromatic hydroxyl groups is 1. The fourth-order valence-corrected chi connectivity index (χ4v) is 12.0. The molecule has 0 saturated heterocycles. The minimum absolute atomic E-state index is 0.128. The minimum atomic E-state index is -1.19. The zero-order valence-electron chi connectivity index (χ0n) is 29.7. The van der Waals surface area contributed by atoms with Crippen molar-refractivity contribution in [3.63, 3.8) is 0 Å². The Morgan fingerprint density at radius 2 is 1.25 bits per heavy atom. The van der Waals surface area contributed by atoms with E-state index in [9.17, 15) is 24.9 Å². The van der Waals surface area contributed by atoms with E-state index in [0.717, 1.165) is 82.8 Å². The molecule has 2 aromatic rings. The van der Waals surface area contributed by atoms with Crippen LogP contribution < -0.4 is 4.74 Å². The zero-order valence-corrected chi connectivity index (χ0v) is 29.7. The number of phenols is 1. The van der Waals surface area contributed by atoms with Crippen molar-refractivity contribution in [1.82, 2.24) is 0 Å². The number of aliphatic carboxylic acids is 1. The van der Waals surface area contributed by atoms with Gasteiger partial charge in [-0.05, 0) is 159 Å². The molecule has 4 saturated carbocycles. The summed E-state index contributed by atoms with van der Waals surface area (Å²) in [5.74, 6) is 7.44. The number of carboxylic acids is 1. The summed E-state index contributed by atoms with van der Waals surface area (Å²) in [4.78, 5) is 22.3. The second-order valence-electron chi connectivity index (χ2n) is 16.7. The van der Waals surface area contributed by atoms with E-state index in [0.29, 0.717) is 53.4 Å². The van der Waals surface area contributed by atoms with Crippen LogP contribution in [0.4, 0.5) is 0 Å². The number of aryl methyl sites for hydroxylation is 2. The third-order valence-electron chi connectivity index (χ3n) is 14.8. The molecule has 0 heterocycles. The summed E-state index contributed by atoms with van der Waals surface area (Å²) in [6, 6.07) is 11.6. The number of carboxylic acid groups (broad SMARTS) is 1. The van der Waals surface area contributed by atoms with Crippen molar-refractivity contribution in [3.8, 4) is 36.2 Å². The highest BCUT2D eigenvalue weighted by Crippen LogP contribution is 2.65. The smallest absolute Gasteiger partial charge is 0.336 e. The Hall–Kier alpha value is -4.04. The van der Waals surface area contributed by atoms with Crippen LogP contribution in [0.2, 0.25) is 0 Å². The minimum Gasteiger partial charge on any atom is -0.508 e. The first-order chi connectivity index (χ1) is 24.3. The second kappa shape index (κ2) is 12.9. The monoisotopic (exact) mass is 690 g/mol. The third kappa shape index (κ3) is 5.69. The summed E-state index contributed by atoms with van der Waals surface area (Å²) in [5.41, 5.74) is 2.97. The molecule has 6 aliphatic rings. The molecule has 2 aromatic carbocycles. The van der Waals surface area contributed by atoms with Gasteiger partial charge in [-0.1, -0.05) is 37.8 Å². The molecular weight excluding hydrogens is 640 g/mol. The molecule has 0 aliphatic heterocycles. The van der Waals surface area contributed by atoms with Gasteiger partial charge < -0.3 is 25.2 Å². The summed E-state index contributed by atoms with van der Waals surface area (Å²) >= 11 is 0. The van der Waals surface area contributed by atoms with Crippen molar-refractivity contribution in [2.75, 3.05) is 0 Å². The molecule has 10 atom stereocenters. The van der Waals surface area contributed by atoms with Gasteiger partial charge in [0, 0.05) is 23.0 Å². The Morgan fingerprint density at radius 1 is 0.745 bits per heavy atom. The lowest BCUT2D eigenvalue weighted by Crippen LogP contribution is -2.50. The van der Waals surface area contributed by atoms with Gasteiger partial charge in [0.25, 0.3) is 0 Å². The van der Waals surface area contributed by atoms with Gasteiger partial charge in [-0.2, -0.15) is 0 Å². The van der Waals surface area contributed by atoms with E-state index >= 15 is 0 Å². The van der Waals surface area contributed by atoms with Crippen LogP contribution in [0.1, 0.15) is 112 Å². The molecule has 4 N–H and O–H groups in total. The SMILES string of the molecule is C#C[C@]1(O)CCC2C3CCc4cc(O)ccc4C3CC[C@@]21C.C#C[C@]1(O)CCC2C3CCc4cc(OC(=O)/C=C/C(=O)O)ccc4C3CC[C@@]21C. The van der Waals surface area contributed by atoms with Gasteiger partial charge in [-0.15, -0.1) is 12.8 Å². The number of carbonyl (C=O) groups excluding carboxylic acids is 1. The van der Waals surface area contributed by atoms with Crippen LogP contribution in [0.25, 0.3) is 0 Å². The fraction of sp³-hybridized carbons (Fsp3) is 0.545. The maximum atomic E-state index is 11.8. The van der Waals surface area contributed by atoms with Gasteiger partial charge in [0.1, 0.15) is 22.7 Å². The van der Waals surface area contributed by atoms with Crippen LogP contribution in [0.5, 0.6) is 11.5 Å². The Bertz CT molecular complexity index is 1850. The van der Waals surface area contributed by atoms with Crippen molar-refractivity contribution < 1.29 is 34.8 Å². The number of terminal acetylenes is 2. The number of benzene rings is 2. The van der Waals surface area contributed by atoms with Crippen molar-refractivity contribution in [3.05, 3.63) is 70.8 Å². The third-order valence-corrected chi connectivity index (χ3v) is 14.8. The van der Waals surface area contributed by atoms with Gasteiger partial charge in [-0.25, -0.2) is 9.59 Å². The lowest BCUT2D eigenvalue weighted by molar-refractivity contribution is -0.133. The number of fused-ring (bicyclic) bond motifs is 10. The molecule has 7 heteroatoms. The van der Waals surface area contributed by atoms with Crippen LogP contribution >= 0.6 is 0 Å². The Kier molecular flexibility index (Phi) is 8.93. The standard InChI is InChI=1S/C24H26O5.C20H24O2/c1-3-24(28)13-11-20-19-6-4-15-14-16(29-22(27)9-8-21(25)26)5-7-17(15)18(19)10-12-23(20,24)2;1-3-20(22)11-9-18-17-6-4-13-12-14(21)5-7-15(13)16(17)8-10-19(18,20)2/h1,5,7-9,14,18-20,28H,4,6,10-13H2,2H3,(H,25,26);1,5,7,12,16-18,21-22H,4,6,8-11H2,2H3/b9-8+;/t18?,19?,20?,23-,24-;16?,17?,18?,19-,20-/m00/s1. The van der Waals surface area contributed by atoms with Gasteiger partial charge >= 0.3 is 11.9 Å². The fourth-order valence-electron chi connectivity index (χ4n) is 12.0. The number of rotatable bonds is 3. The first-order valence-corrected chi connectivity index (χ1v) is 18.7. The van der Waals surface area contributed by atoms with Crippen LogP contribution in [0.3, 0.4) is 0 Å². The average Bonchev–Trinajstić information content (AvgIpc) is 3.56. The highest BCUT2D eigenvalue weighted by Gasteiger charge is 2.62. The quantitative estimate of drug-likeness (QED) is 0.118. The number of hydrogen-bond acceptors (Lipinski definition) is 6. The lowest BCUT2D eigenvalue weighted by Gasteiger charge is -2.52. The zero-order chi connectivity index (χ0) is 36.3. The van der Waals surface area contributed by atoms with E-state index in [1.54, 1.807) is 6.07 Å². The summed E-state index contributed by atoms with van der Waals surface area (Å²) in [7, 11) is 0. The highest BCUT2D eigenvalue weighted by molar-refractivity contribution is 5.91. The van der Waals surface area contributed by atoms with Crippen LogP contribution in [0, 0.1) is 59.2 Å². The molecule has 0 amide bonds. The maximum absolute atomic E-state index is 11.8. The van der Waals surface area contributed by atoms with E-state index < -0.39 is 23.1 Å². The summed E-state index contributed by atoms with van der Waals surface area (Å²) < 4.78 is 5.25. The highest BCUT2D eigenvalue weighted by atomic mass is 16.5. The molecule has 6 unspecified atom stereocenters. The molecular formula is C44H50O7. The lowest BCUT2D eigenvalue weighted by atomic mass is 9.53. The van der Waals surface area contributed by atoms with Crippen molar-refractivity contribution in [2.24, 2.45) is 34.5 Å². The number of esters is 1. The van der Waals surface area contributed by atoms with Crippen molar-refractivity contribution >= 4 is 11.9 Å². The molecule has 268 valence electrons. The molecule has 0 spiro atoms. The van der Waals surface area contributed by atoms with Gasteiger partial charge in [0.2, 0.25) is 0 Å². The Morgan fingerprint density at radius 3 is 1.76 bits per heavy atom. The first kappa shape index (κ1) is 35.4. The number of phenolic OH excluding ortho intramolecular Hbond substituents is 1. The first-order valence-electron chi connectivity index (χ1n) is 18.7. The van der Waals surface area contributed by atoms with E-state index in [2.05, 4.69) is 31.8 Å². The molecule has 0 radical (unpaired) electrons. The summed E-state index contributed by atoms with van der Waals surface area (Å²) in [6.45, 7) is 4.39. The molecule has 4 fully saturated rings. The van der Waals surface area contributed by atoms with E-state index in [4.69, 9.17) is 22.7 Å². The number of aliphatic hydroxyl groups is 2. The predicted molar refractivity (Wildman–Crippen MR) is 194 cm³/mol. The summed E-state index contributed by atoms with van der Waals surface area (Å²) in [6.07, 6.45) is 24.7. The Labute approximate surface area is 301 Å². The summed E-state index contributed by atoms with van der Waals surface area (Å²) in [5, 5.41) is 40.2. The van der Waals surface area contributed by atoms with E-state index in [1.165, 1.54) is 22.3 Å². The predicted octanol–water partition coefficient (Wildman–Crippen LogP) is 7.07. The maximum Gasteiger partial charge on any atom is 0.336 e. The molecule has 7 nitrogen and oxygen atoms in total. The number of carbonyl (C=O) groups is 2. The van der Waals surface area contributed by atoms with Crippen molar-refractivity contribution in [2.45, 2.75) is 114 Å². The largest absolute Gasteiger partial charge is 0.508 e. The molecule has 6 aliphatic carbocycles.